The van der Waals surface area contributed by atoms with E-state index in [9.17, 15) is 9.18 Å². The van der Waals surface area contributed by atoms with Crippen molar-refractivity contribution in [2.45, 2.75) is 39.2 Å². The highest BCUT2D eigenvalue weighted by Gasteiger charge is 2.19. The topological polar surface area (TPSA) is 42.2 Å². The molecule has 1 aromatic heterocycles. The monoisotopic (exact) mass is 263 g/mol. The summed E-state index contributed by atoms with van der Waals surface area (Å²) in [4.78, 5) is 10.9. The minimum atomic E-state index is -0.820. The first-order chi connectivity index (χ1) is 8.90. The molecule has 0 saturated carbocycles. The number of carboxylic acid groups (broad SMARTS) is 1. The average molecular weight is 263 g/mol. The van der Waals surface area contributed by atoms with Gasteiger partial charge in [0.25, 0.3) is 0 Å². The summed E-state index contributed by atoms with van der Waals surface area (Å²) >= 11 is 0. The van der Waals surface area contributed by atoms with Gasteiger partial charge in [0.05, 0.1) is 11.9 Å². The summed E-state index contributed by atoms with van der Waals surface area (Å²) in [5, 5.41) is 9.87. The Bertz CT molecular complexity index is 616. The van der Waals surface area contributed by atoms with Gasteiger partial charge in [-0.1, -0.05) is 6.92 Å². The van der Waals surface area contributed by atoms with Gasteiger partial charge in [-0.05, 0) is 38.1 Å². The molecule has 0 aliphatic carbocycles. The lowest BCUT2D eigenvalue weighted by Crippen LogP contribution is -2.11. The van der Waals surface area contributed by atoms with Crippen molar-refractivity contribution in [3.8, 4) is 0 Å². The Morgan fingerprint density at radius 1 is 1.32 bits per heavy atom. The predicted molar refractivity (Wildman–Crippen MR) is 72.9 cm³/mol. The second-order valence-corrected chi connectivity index (χ2v) is 5.24. The van der Waals surface area contributed by atoms with Gasteiger partial charge in [0.15, 0.2) is 0 Å². The normalized spacial score (nSPS) is 13.1. The molecule has 1 N–H and O–H groups in total. The van der Waals surface area contributed by atoms with Crippen molar-refractivity contribution in [2.75, 3.05) is 0 Å². The molecular formula is C15H18FNO2. The highest BCUT2D eigenvalue weighted by Crippen LogP contribution is 2.30. The van der Waals surface area contributed by atoms with Crippen LogP contribution < -0.4 is 0 Å². The maximum Gasteiger partial charge on any atom is 0.304 e. The summed E-state index contributed by atoms with van der Waals surface area (Å²) in [6, 6.07) is 6.79. The number of carboxylic acids is 1. The standard InChI is InChI=1S/C15H18FNO2/c1-9(2)17-13(10(3)6-15(18)19)7-11-4-5-12(16)8-14(11)17/h4-5,7-10H,6H2,1-3H3,(H,18,19). The molecule has 0 bridgehead atoms. The number of benzene rings is 1. The molecule has 0 spiro atoms. The number of aromatic nitrogens is 1. The van der Waals surface area contributed by atoms with Gasteiger partial charge in [0.1, 0.15) is 5.82 Å². The van der Waals surface area contributed by atoms with Crippen LogP contribution >= 0.6 is 0 Å². The smallest absolute Gasteiger partial charge is 0.304 e. The van der Waals surface area contributed by atoms with E-state index in [4.69, 9.17) is 5.11 Å². The number of hydrogen-bond acceptors (Lipinski definition) is 1. The highest BCUT2D eigenvalue weighted by molar-refractivity contribution is 5.82. The van der Waals surface area contributed by atoms with Crippen LogP contribution in [-0.4, -0.2) is 15.6 Å². The van der Waals surface area contributed by atoms with Crippen LogP contribution in [0.15, 0.2) is 24.3 Å². The van der Waals surface area contributed by atoms with Crippen molar-refractivity contribution in [2.24, 2.45) is 0 Å². The minimum Gasteiger partial charge on any atom is -0.481 e. The molecule has 0 saturated heterocycles. The van der Waals surface area contributed by atoms with Gasteiger partial charge in [0, 0.05) is 23.0 Å². The molecule has 0 amide bonds. The van der Waals surface area contributed by atoms with Crippen LogP contribution in [0, 0.1) is 5.82 Å². The van der Waals surface area contributed by atoms with Gasteiger partial charge < -0.3 is 9.67 Å². The van der Waals surface area contributed by atoms with Crippen molar-refractivity contribution in [3.63, 3.8) is 0 Å². The number of hydrogen-bond donors (Lipinski definition) is 1. The van der Waals surface area contributed by atoms with Gasteiger partial charge >= 0.3 is 5.97 Å². The van der Waals surface area contributed by atoms with Crippen LogP contribution in [0.5, 0.6) is 0 Å². The van der Waals surface area contributed by atoms with Crippen LogP contribution in [0.2, 0.25) is 0 Å². The molecule has 0 aliphatic heterocycles. The Hall–Kier alpha value is -1.84. The first-order valence-electron chi connectivity index (χ1n) is 6.42. The van der Waals surface area contributed by atoms with Gasteiger partial charge in [-0.2, -0.15) is 0 Å². The Morgan fingerprint density at radius 2 is 2.00 bits per heavy atom. The first kappa shape index (κ1) is 13.6. The van der Waals surface area contributed by atoms with Crippen LogP contribution in [0.3, 0.4) is 0 Å². The van der Waals surface area contributed by atoms with Crippen molar-refractivity contribution in [1.29, 1.82) is 0 Å². The van der Waals surface area contributed by atoms with E-state index < -0.39 is 5.97 Å². The van der Waals surface area contributed by atoms with E-state index in [1.807, 2.05) is 31.4 Å². The molecule has 102 valence electrons. The molecule has 1 aromatic carbocycles. The Morgan fingerprint density at radius 3 is 2.58 bits per heavy atom. The molecule has 1 unspecified atom stereocenters. The minimum absolute atomic E-state index is 0.0749. The van der Waals surface area contributed by atoms with Crippen molar-refractivity contribution in [1.82, 2.24) is 4.57 Å². The van der Waals surface area contributed by atoms with Crippen LogP contribution in [0.25, 0.3) is 10.9 Å². The molecule has 19 heavy (non-hydrogen) atoms. The van der Waals surface area contributed by atoms with Gasteiger partial charge in [-0.15, -0.1) is 0 Å². The summed E-state index contributed by atoms with van der Waals surface area (Å²) in [6.07, 6.45) is 0.0749. The lowest BCUT2D eigenvalue weighted by atomic mass is 10.0. The summed E-state index contributed by atoms with van der Waals surface area (Å²) < 4.78 is 15.4. The first-order valence-corrected chi connectivity index (χ1v) is 6.42. The maximum absolute atomic E-state index is 13.4. The average Bonchev–Trinajstić information content (AvgIpc) is 2.66. The second kappa shape index (κ2) is 5.03. The molecular weight excluding hydrogens is 245 g/mol. The summed E-state index contributed by atoms with van der Waals surface area (Å²) in [5.74, 6) is -1.19. The zero-order valence-corrected chi connectivity index (χ0v) is 11.4. The van der Waals surface area contributed by atoms with Gasteiger partial charge in [-0.3, -0.25) is 4.79 Å². The fourth-order valence-corrected chi connectivity index (χ4v) is 2.54. The van der Waals surface area contributed by atoms with E-state index in [-0.39, 0.29) is 24.2 Å². The number of aliphatic carboxylic acids is 1. The molecule has 0 fully saturated rings. The van der Waals surface area contributed by atoms with E-state index in [1.54, 1.807) is 6.07 Å². The molecule has 1 atom stereocenters. The zero-order chi connectivity index (χ0) is 14.2. The molecule has 0 aliphatic rings. The van der Waals surface area contributed by atoms with Crippen molar-refractivity contribution >= 4 is 16.9 Å². The van der Waals surface area contributed by atoms with Crippen molar-refractivity contribution < 1.29 is 14.3 Å². The summed E-state index contributed by atoms with van der Waals surface area (Å²) in [6.45, 7) is 5.92. The molecule has 2 rings (SSSR count). The Labute approximate surface area is 111 Å². The quantitative estimate of drug-likeness (QED) is 0.907. The predicted octanol–water partition coefficient (Wildman–Crippen LogP) is 3.94. The maximum atomic E-state index is 13.4. The SMILES string of the molecule is CC(CC(=O)O)c1cc2ccc(F)cc2n1C(C)C. The van der Waals surface area contributed by atoms with E-state index >= 15 is 0 Å². The molecule has 0 radical (unpaired) electrons. The number of nitrogens with zero attached hydrogens (tertiary/aromatic N) is 1. The van der Waals surface area contributed by atoms with Crippen molar-refractivity contribution in [3.05, 3.63) is 35.8 Å². The zero-order valence-electron chi connectivity index (χ0n) is 11.4. The fourth-order valence-electron chi connectivity index (χ4n) is 2.54. The molecule has 3 nitrogen and oxygen atoms in total. The summed E-state index contributed by atoms with van der Waals surface area (Å²) in [5.41, 5.74) is 1.76. The second-order valence-electron chi connectivity index (χ2n) is 5.24. The van der Waals surface area contributed by atoms with Gasteiger partial charge in [0.2, 0.25) is 0 Å². The molecule has 1 heterocycles. The number of halogens is 1. The van der Waals surface area contributed by atoms with Crippen LogP contribution in [-0.2, 0) is 4.79 Å². The number of rotatable bonds is 4. The van der Waals surface area contributed by atoms with Crippen LogP contribution in [0.1, 0.15) is 44.8 Å². The lowest BCUT2D eigenvalue weighted by Gasteiger charge is -2.18. The van der Waals surface area contributed by atoms with E-state index in [1.165, 1.54) is 12.1 Å². The van der Waals surface area contributed by atoms with E-state index in [0.717, 1.165) is 16.6 Å². The van der Waals surface area contributed by atoms with E-state index in [0.29, 0.717) is 0 Å². The highest BCUT2D eigenvalue weighted by atomic mass is 19.1. The third kappa shape index (κ3) is 2.62. The lowest BCUT2D eigenvalue weighted by molar-refractivity contribution is -0.137. The van der Waals surface area contributed by atoms with E-state index in [2.05, 4.69) is 0 Å². The van der Waals surface area contributed by atoms with Gasteiger partial charge in [-0.25, -0.2) is 4.39 Å². The number of fused-ring (bicyclic) bond motifs is 1. The fraction of sp³-hybridized carbons (Fsp3) is 0.400. The molecule has 4 heteroatoms. The summed E-state index contributed by atoms with van der Waals surface area (Å²) in [7, 11) is 0. The molecule has 2 aromatic rings. The third-order valence-electron chi connectivity index (χ3n) is 3.34. The Balaban J connectivity index is 2.59. The number of carbonyl (C=O) groups is 1. The third-order valence-corrected chi connectivity index (χ3v) is 3.34. The van der Waals surface area contributed by atoms with Crippen LogP contribution in [0.4, 0.5) is 4.39 Å². The largest absolute Gasteiger partial charge is 0.481 e. The Kier molecular flexibility index (Phi) is 3.60.